The topological polar surface area (TPSA) is 88.7 Å². The highest BCUT2D eigenvalue weighted by Gasteiger charge is 2.30. The average Bonchev–Trinajstić information content (AvgIpc) is 3.03. The number of carboxylic acid groups (broad SMARTS) is 1. The van der Waals surface area contributed by atoms with Crippen LogP contribution in [0.25, 0.3) is 10.9 Å². The molecule has 1 N–H and O–H groups in total. The number of benzene rings is 2. The van der Waals surface area contributed by atoms with E-state index in [1.807, 2.05) is 0 Å². The molecule has 4 rings (SSSR count). The van der Waals surface area contributed by atoms with Gasteiger partial charge in [-0.3, -0.25) is 4.79 Å². The molecule has 0 radical (unpaired) electrons. The molecule has 126 valence electrons. The summed E-state index contributed by atoms with van der Waals surface area (Å²) in [6, 6.07) is 11.6. The summed E-state index contributed by atoms with van der Waals surface area (Å²) in [6.45, 7) is -0.265. The molecule has 0 amide bonds. The summed E-state index contributed by atoms with van der Waals surface area (Å²) in [7, 11) is -3.76. The first-order valence-corrected chi connectivity index (χ1v) is 9.13. The van der Waals surface area contributed by atoms with Gasteiger partial charge in [-0.25, -0.2) is 0 Å². The zero-order chi connectivity index (χ0) is 17.8. The smallest absolute Gasteiger partial charge is 0.323 e. The van der Waals surface area contributed by atoms with E-state index < -0.39 is 16.0 Å². The number of nitrogens with zero attached hydrogens (tertiary/aromatic N) is 2. The van der Waals surface area contributed by atoms with Crippen LogP contribution in [0, 0.1) is 0 Å². The van der Waals surface area contributed by atoms with Gasteiger partial charge in [-0.15, -0.1) is 0 Å². The molecule has 25 heavy (non-hydrogen) atoms. The van der Waals surface area contributed by atoms with Gasteiger partial charge in [0.2, 0.25) is 0 Å². The molecule has 0 aliphatic carbocycles. The van der Waals surface area contributed by atoms with Gasteiger partial charge in [0, 0.05) is 27.7 Å². The highest BCUT2D eigenvalue weighted by molar-refractivity contribution is 7.90. The number of aliphatic carboxylic acids is 1. The van der Waals surface area contributed by atoms with Crippen LogP contribution in [0.2, 0.25) is 5.02 Å². The predicted octanol–water partition coefficient (Wildman–Crippen LogP) is 2.92. The van der Waals surface area contributed by atoms with Crippen molar-refractivity contribution in [3.05, 3.63) is 64.8 Å². The zero-order valence-electron chi connectivity index (χ0n) is 12.7. The number of fused-ring (bicyclic) bond motifs is 2. The van der Waals surface area contributed by atoms with Crippen LogP contribution in [0.3, 0.4) is 0 Å². The van der Waals surface area contributed by atoms with Crippen molar-refractivity contribution in [2.45, 2.75) is 11.4 Å². The highest BCUT2D eigenvalue weighted by Crippen LogP contribution is 2.33. The molecule has 0 unspecified atom stereocenters. The van der Waals surface area contributed by atoms with E-state index in [1.54, 1.807) is 42.6 Å². The molecule has 0 saturated carbocycles. The molecular formula is C17H11ClN2O4S. The monoisotopic (exact) mass is 374 g/mol. The number of halogens is 1. The summed E-state index contributed by atoms with van der Waals surface area (Å²) in [6.07, 6.45) is 1.60. The van der Waals surface area contributed by atoms with Crippen LogP contribution in [0.1, 0.15) is 11.1 Å². The van der Waals surface area contributed by atoms with Gasteiger partial charge in [0.05, 0.1) is 16.1 Å². The minimum atomic E-state index is -3.76. The van der Waals surface area contributed by atoms with Crippen molar-refractivity contribution >= 4 is 44.2 Å². The second kappa shape index (κ2) is 5.44. The Bertz CT molecular complexity index is 1180. The van der Waals surface area contributed by atoms with Crippen LogP contribution in [0.5, 0.6) is 0 Å². The van der Waals surface area contributed by atoms with Crippen molar-refractivity contribution in [3.8, 4) is 0 Å². The first-order valence-electron chi connectivity index (χ1n) is 7.32. The number of aromatic nitrogens is 1. The van der Waals surface area contributed by atoms with E-state index in [2.05, 4.69) is 4.40 Å². The van der Waals surface area contributed by atoms with Crippen LogP contribution < -0.4 is 0 Å². The van der Waals surface area contributed by atoms with Gasteiger partial charge >= 0.3 is 5.97 Å². The lowest BCUT2D eigenvalue weighted by atomic mass is 10.0. The van der Waals surface area contributed by atoms with Crippen LogP contribution in [0.15, 0.2) is 58.0 Å². The van der Waals surface area contributed by atoms with Crippen molar-refractivity contribution in [1.82, 2.24) is 4.57 Å². The van der Waals surface area contributed by atoms with Crippen molar-refractivity contribution in [1.29, 1.82) is 0 Å². The average molecular weight is 375 g/mol. The highest BCUT2D eigenvalue weighted by atomic mass is 35.5. The Balaban J connectivity index is 2.02. The summed E-state index contributed by atoms with van der Waals surface area (Å²) in [4.78, 5) is 11.3. The van der Waals surface area contributed by atoms with Crippen molar-refractivity contribution < 1.29 is 18.3 Å². The predicted molar refractivity (Wildman–Crippen MR) is 93.9 cm³/mol. The van der Waals surface area contributed by atoms with Gasteiger partial charge in [0.25, 0.3) is 10.0 Å². The normalized spacial score (nSPS) is 15.2. The Hall–Kier alpha value is -2.64. The minimum Gasteiger partial charge on any atom is -0.480 e. The number of hydrogen-bond acceptors (Lipinski definition) is 3. The molecule has 1 aromatic heterocycles. The fraction of sp³-hybridized carbons (Fsp3) is 0.0588. The lowest BCUT2D eigenvalue weighted by Crippen LogP contribution is -2.07. The molecule has 8 heteroatoms. The molecule has 0 spiro atoms. The standard InChI is InChI=1S/C17H11ClN2O4S/c18-10-5-6-11-13(8-20(9-16(21)22)14(11)7-10)17-12-3-1-2-4-15(12)25(23,24)19-17/h1-8H,9H2,(H,21,22). The largest absolute Gasteiger partial charge is 0.480 e. The van der Waals surface area contributed by atoms with E-state index in [9.17, 15) is 13.2 Å². The summed E-state index contributed by atoms with van der Waals surface area (Å²) in [5, 5.41) is 10.3. The van der Waals surface area contributed by atoms with Gasteiger partial charge in [-0.05, 0) is 18.2 Å². The Morgan fingerprint density at radius 2 is 1.92 bits per heavy atom. The summed E-state index contributed by atoms with van der Waals surface area (Å²) in [5.41, 5.74) is 1.98. The summed E-state index contributed by atoms with van der Waals surface area (Å²) in [5.74, 6) is -1.01. The fourth-order valence-corrected chi connectivity index (χ4v) is 4.43. The molecule has 0 saturated heterocycles. The maximum atomic E-state index is 12.3. The van der Waals surface area contributed by atoms with E-state index in [-0.39, 0.29) is 11.4 Å². The van der Waals surface area contributed by atoms with Gasteiger partial charge in [-0.2, -0.15) is 12.8 Å². The molecule has 2 aromatic carbocycles. The first-order chi connectivity index (χ1) is 11.9. The maximum absolute atomic E-state index is 12.3. The molecule has 0 fully saturated rings. The Labute approximate surface area is 148 Å². The van der Waals surface area contributed by atoms with Crippen LogP contribution in [0.4, 0.5) is 0 Å². The van der Waals surface area contributed by atoms with Gasteiger partial charge in [-0.1, -0.05) is 35.9 Å². The maximum Gasteiger partial charge on any atom is 0.323 e. The number of hydrogen-bond donors (Lipinski definition) is 1. The van der Waals surface area contributed by atoms with Gasteiger partial charge in [0.15, 0.2) is 0 Å². The van der Waals surface area contributed by atoms with Crippen molar-refractivity contribution in [2.75, 3.05) is 0 Å². The van der Waals surface area contributed by atoms with E-state index in [0.29, 0.717) is 32.8 Å². The molecule has 1 aliphatic heterocycles. The lowest BCUT2D eigenvalue weighted by Gasteiger charge is -2.01. The Morgan fingerprint density at radius 1 is 1.16 bits per heavy atom. The van der Waals surface area contributed by atoms with Crippen molar-refractivity contribution in [3.63, 3.8) is 0 Å². The Kier molecular flexibility index (Phi) is 3.45. The SMILES string of the molecule is O=C(O)Cn1cc(C2=NS(=O)(=O)c3ccccc32)c2ccc(Cl)cc21. The summed E-state index contributed by atoms with van der Waals surface area (Å²) >= 11 is 6.04. The third-order valence-electron chi connectivity index (χ3n) is 4.04. The number of carbonyl (C=O) groups is 1. The van der Waals surface area contributed by atoms with E-state index in [0.717, 1.165) is 0 Å². The van der Waals surface area contributed by atoms with Gasteiger partial charge in [0.1, 0.15) is 6.54 Å². The number of sulfonamides is 1. The number of carboxylic acids is 1. The van der Waals surface area contributed by atoms with E-state index in [1.165, 1.54) is 10.6 Å². The quantitative estimate of drug-likeness (QED) is 0.763. The molecule has 3 aromatic rings. The van der Waals surface area contributed by atoms with Crippen LogP contribution in [-0.4, -0.2) is 29.8 Å². The second-order valence-electron chi connectivity index (χ2n) is 5.64. The molecule has 0 bridgehead atoms. The zero-order valence-corrected chi connectivity index (χ0v) is 14.3. The Morgan fingerprint density at radius 3 is 2.68 bits per heavy atom. The third-order valence-corrected chi connectivity index (χ3v) is 5.61. The third kappa shape index (κ3) is 2.52. The first kappa shape index (κ1) is 15.9. The molecule has 6 nitrogen and oxygen atoms in total. The van der Waals surface area contributed by atoms with Gasteiger partial charge < -0.3 is 9.67 Å². The fourth-order valence-electron chi connectivity index (χ4n) is 3.03. The van der Waals surface area contributed by atoms with E-state index >= 15 is 0 Å². The van der Waals surface area contributed by atoms with E-state index in [4.69, 9.17) is 16.7 Å². The molecule has 1 aliphatic rings. The summed E-state index contributed by atoms with van der Waals surface area (Å²) < 4.78 is 30.0. The van der Waals surface area contributed by atoms with Crippen molar-refractivity contribution in [2.24, 2.45) is 4.40 Å². The molecule has 2 heterocycles. The minimum absolute atomic E-state index is 0.151. The van der Waals surface area contributed by atoms with Crippen LogP contribution >= 0.6 is 11.6 Å². The number of rotatable bonds is 3. The molecular weight excluding hydrogens is 364 g/mol. The second-order valence-corrected chi connectivity index (χ2v) is 7.65. The molecule has 0 atom stereocenters. The lowest BCUT2D eigenvalue weighted by molar-refractivity contribution is -0.137. The van der Waals surface area contributed by atoms with Crippen LogP contribution in [-0.2, 0) is 21.4 Å².